The summed E-state index contributed by atoms with van der Waals surface area (Å²) in [6, 6.07) is 8.66. The second kappa shape index (κ2) is 5.63. The number of halogens is 1. The minimum Gasteiger partial charge on any atom is -0.545 e. The van der Waals surface area contributed by atoms with Crippen molar-refractivity contribution in [2.24, 2.45) is 0 Å². The van der Waals surface area contributed by atoms with Crippen molar-refractivity contribution in [3.05, 3.63) is 53.1 Å². The molecule has 0 saturated carbocycles. The fraction of sp³-hybridized carbons (Fsp3) is 0. The number of anilines is 1. The molecule has 0 amide bonds. The topological polar surface area (TPSA) is 107 Å². The van der Waals surface area contributed by atoms with Crippen molar-refractivity contribution >= 4 is 33.3 Å². The Morgan fingerprint density at radius 2 is 1.90 bits per heavy atom. The van der Waals surface area contributed by atoms with Crippen molar-refractivity contribution in [1.29, 1.82) is 0 Å². The van der Waals surface area contributed by atoms with E-state index in [0.29, 0.717) is 0 Å². The van der Waals surface area contributed by atoms with Gasteiger partial charge in [0.05, 0.1) is 16.7 Å². The van der Waals surface area contributed by atoms with Crippen LogP contribution in [0.1, 0.15) is 10.4 Å². The highest BCUT2D eigenvalue weighted by Gasteiger charge is 2.19. The minimum absolute atomic E-state index is 0.116. The molecule has 0 aliphatic carbocycles. The van der Waals surface area contributed by atoms with Crippen molar-refractivity contribution in [2.75, 3.05) is 4.72 Å². The average Bonchev–Trinajstić information content (AvgIpc) is 2.38. The van der Waals surface area contributed by atoms with Crippen LogP contribution in [0.4, 0.5) is 5.69 Å². The lowest BCUT2D eigenvalue weighted by atomic mass is 10.2. The summed E-state index contributed by atoms with van der Waals surface area (Å²) in [5.41, 5.74) is -0.194. The van der Waals surface area contributed by atoms with E-state index in [1.54, 1.807) is 0 Å². The molecule has 2 N–H and O–H groups in total. The van der Waals surface area contributed by atoms with Crippen LogP contribution in [-0.4, -0.2) is 19.5 Å². The number of phenolic OH excluding ortho intramolecular Hbond substituents is 1. The summed E-state index contributed by atoms with van der Waals surface area (Å²) >= 11 is 5.80. The maximum atomic E-state index is 12.2. The minimum atomic E-state index is -4.10. The van der Waals surface area contributed by atoms with Crippen LogP contribution in [0.3, 0.4) is 0 Å². The molecule has 110 valence electrons. The zero-order chi connectivity index (χ0) is 15.6. The molecule has 0 heterocycles. The van der Waals surface area contributed by atoms with Crippen LogP contribution in [0.25, 0.3) is 0 Å². The lowest BCUT2D eigenvalue weighted by Crippen LogP contribution is -2.23. The highest BCUT2D eigenvalue weighted by molar-refractivity contribution is 7.92. The highest BCUT2D eigenvalue weighted by Crippen LogP contribution is 2.26. The summed E-state index contributed by atoms with van der Waals surface area (Å²) in [6.45, 7) is 0. The molecule has 0 radical (unpaired) electrons. The Hall–Kier alpha value is -2.25. The monoisotopic (exact) mass is 326 g/mol. The predicted octanol–water partition coefficient (Wildman–Crippen LogP) is 1.21. The maximum Gasteiger partial charge on any atom is 0.263 e. The summed E-state index contributed by atoms with van der Waals surface area (Å²) in [7, 11) is -4.10. The van der Waals surface area contributed by atoms with E-state index in [1.807, 2.05) is 0 Å². The molecule has 0 saturated heterocycles. The van der Waals surface area contributed by atoms with Crippen LogP contribution in [0.5, 0.6) is 5.75 Å². The second-order valence-corrected chi connectivity index (χ2v) is 6.15. The Bertz CT molecular complexity index is 804. The number of sulfonamides is 1. The van der Waals surface area contributed by atoms with E-state index in [-0.39, 0.29) is 22.0 Å². The van der Waals surface area contributed by atoms with Gasteiger partial charge in [0.25, 0.3) is 10.0 Å². The quantitative estimate of drug-likeness (QED) is 0.878. The van der Waals surface area contributed by atoms with Gasteiger partial charge in [-0.3, -0.25) is 4.72 Å². The third-order valence-electron chi connectivity index (χ3n) is 2.55. The van der Waals surface area contributed by atoms with Gasteiger partial charge in [0.2, 0.25) is 0 Å². The van der Waals surface area contributed by atoms with Gasteiger partial charge >= 0.3 is 0 Å². The first-order chi connectivity index (χ1) is 9.79. The van der Waals surface area contributed by atoms with Gasteiger partial charge < -0.3 is 15.0 Å². The van der Waals surface area contributed by atoms with Crippen LogP contribution in [0.2, 0.25) is 5.02 Å². The Labute approximate surface area is 125 Å². The first kappa shape index (κ1) is 15.1. The number of phenols is 1. The van der Waals surface area contributed by atoms with Gasteiger partial charge in [-0.1, -0.05) is 23.7 Å². The number of carbonyl (C=O) groups is 1. The van der Waals surface area contributed by atoms with Crippen LogP contribution < -0.4 is 9.83 Å². The smallest absolute Gasteiger partial charge is 0.263 e. The van der Waals surface area contributed by atoms with Gasteiger partial charge in [-0.15, -0.1) is 0 Å². The van der Waals surface area contributed by atoms with E-state index >= 15 is 0 Å². The molecule has 0 aromatic heterocycles. The average molecular weight is 327 g/mol. The van der Waals surface area contributed by atoms with E-state index in [1.165, 1.54) is 24.3 Å². The molecular formula is C13H9ClNO5S-. The molecule has 0 atom stereocenters. The van der Waals surface area contributed by atoms with E-state index in [9.17, 15) is 23.4 Å². The Kier molecular flexibility index (Phi) is 4.06. The number of carboxylic acid groups (broad SMARTS) is 1. The van der Waals surface area contributed by atoms with Gasteiger partial charge in [0.15, 0.2) is 0 Å². The molecule has 8 heteroatoms. The van der Waals surface area contributed by atoms with E-state index in [0.717, 1.165) is 18.2 Å². The van der Waals surface area contributed by atoms with E-state index in [2.05, 4.69) is 4.72 Å². The SMILES string of the molecule is O=C([O-])c1ccc(Cl)c(S(=O)(=O)Nc2cccc(O)c2)c1. The number of carboxylic acids is 1. The van der Waals surface area contributed by atoms with Crippen LogP contribution in [0, 0.1) is 0 Å². The van der Waals surface area contributed by atoms with Gasteiger partial charge in [-0.25, -0.2) is 8.42 Å². The Morgan fingerprint density at radius 3 is 2.52 bits per heavy atom. The molecule has 6 nitrogen and oxygen atoms in total. The van der Waals surface area contributed by atoms with Crippen molar-refractivity contribution in [3.63, 3.8) is 0 Å². The number of benzene rings is 2. The number of aromatic hydroxyl groups is 1. The van der Waals surface area contributed by atoms with Crippen LogP contribution in [-0.2, 0) is 10.0 Å². The first-order valence-corrected chi connectivity index (χ1v) is 7.48. The number of rotatable bonds is 4. The molecule has 0 aliphatic heterocycles. The zero-order valence-electron chi connectivity index (χ0n) is 10.4. The Balaban J connectivity index is 2.44. The summed E-state index contributed by atoms with van der Waals surface area (Å²) in [5.74, 6) is -1.63. The van der Waals surface area contributed by atoms with Crippen molar-refractivity contribution in [1.82, 2.24) is 0 Å². The number of carbonyl (C=O) groups excluding carboxylic acids is 1. The van der Waals surface area contributed by atoms with Gasteiger partial charge in [0, 0.05) is 6.07 Å². The lowest BCUT2D eigenvalue weighted by molar-refractivity contribution is -0.255. The van der Waals surface area contributed by atoms with E-state index in [4.69, 9.17) is 11.6 Å². The fourth-order valence-corrected chi connectivity index (χ4v) is 3.19. The summed E-state index contributed by atoms with van der Waals surface area (Å²) in [4.78, 5) is 10.4. The molecule has 0 bridgehead atoms. The number of aromatic carboxylic acids is 1. The largest absolute Gasteiger partial charge is 0.545 e. The molecule has 0 fully saturated rings. The van der Waals surface area contributed by atoms with Crippen molar-refractivity contribution in [3.8, 4) is 5.75 Å². The highest BCUT2D eigenvalue weighted by atomic mass is 35.5. The van der Waals surface area contributed by atoms with Gasteiger partial charge in [0.1, 0.15) is 10.6 Å². The molecule has 2 aromatic carbocycles. The summed E-state index contributed by atoms with van der Waals surface area (Å²) in [5, 5.41) is 20.0. The van der Waals surface area contributed by atoms with E-state index < -0.39 is 20.9 Å². The van der Waals surface area contributed by atoms with Crippen LogP contribution >= 0.6 is 11.6 Å². The molecular weight excluding hydrogens is 318 g/mol. The normalized spacial score (nSPS) is 11.1. The molecule has 2 rings (SSSR count). The molecule has 0 spiro atoms. The third-order valence-corrected chi connectivity index (χ3v) is 4.42. The number of hydrogen-bond acceptors (Lipinski definition) is 5. The molecule has 2 aromatic rings. The molecule has 0 aliphatic rings. The Morgan fingerprint density at radius 1 is 1.19 bits per heavy atom. The number of nitrogens with one attached hydrogen (secondary N) is 1. The number of hydrogen-bond donors (Lipinski definition) is 2. The molecule has 21 heavy (non-hydrogen) atoms. The fourth-order valence-electron chi connectivity index (χ4n) is 1.62. The van der Waals surface area contributed by atoms with Gasteiger partial charge in [-0.05, 0) is 29.8 Å². The summed E-state index contributed by atoms with van der Waals surface area (Å²) in [6.07, 6.45) is 0. The predicted molar refractivity (Wildman–Crippen MR) is 74.7 cm³/mol. The van der Waals surface area contributed by atoms with Crippen molar-refractivity contribution in [2.45, 2.75) is 4.90 Å². The van der Waals surface area contributed by atoms with Gasteiger partial charge in [-0.2, -0.15) is 0 Å². The van der Waals surface area contributed by atoms with Crippen LogP contribution in [0.15, 0.2) is 47.4 Å². The molecule has 0 unspecified atom stereocenters. The zero-order valence-corrected chi connectivity index (χ0v) is 12.0. The first-order valence-electron chi connectivity index (χ1n) is 5.62. The van der Waals surface area contributed by atoms with Crippen molar-refractivity contribution < 1.29 is 23.4 Å². The summed E-state index contributed by atoms with van der Waals surface area (Å²) < 4.78 is 26.6. The standard InChI is InChI=1S/C13H10ClNO5S/c14-11-5-4-8(13(17)18)6-12(11)21(19,20)15-9-2-1-3-10(16)7-9/h1-7,15-16H,(H,17,18)/p-1. The third kappa shape index (κ3) is 3.45. The lowest BCUT2D eigenvalue weighted by Gasteiger charge is -2.11. The second-order valence-electron chi connectivity index (χ2n) is 4.09. The maximum absolute atomic E-state index is 12.2.